The maximum absolute atomic E-state index is 14.3. The number of carbonyl (C=O) groups excluding carboxylic acids is 1. The van der Waals surface area contributed by atoms with Gasteiger partial charge in [-0.2, -0.15) is 0 Å². The number of carbonyl (C=O) groups is 1. The van der Waals surface area contributed by atoms with Crippen molar-refractivity contribution >= 4 is 22.4 Å². The third-order valence-corrected chi connectivity index (χ3v) is 5.89. The summed E-state index contributed by atoms with van der Waals surface area (Å²) in [5, 5.41) is 2.74. The Balaban J connectivity index is 1.62. The number of nitrogens with one attached hydrogen (secondary N) is 1. The van der Waals surface area contributed by atoms with Crippen molar-refractivity contribution in [3.63, 3.8) is 0 Å². The smallest absolute Gasteiger partial charge is 0.254 e. The fraction of sp³-hybridized carbons (Fsp3) is 0.350. The van der Waals surface area contributed by atoms with Crippen molar-refractivity contribution in [3.8, 4) is 0 Å². The standard InChI is InChI=1S/C20H23FN2O2S/c1-2-26(25)17-8-5-15(6-9-17)14-22-20(24)18-10-7-16(13-19(18)21)23-11-3-4-12-23/h5-10,13H,2-4,11-12,14H2,1H3,(H,22,24). The van der Waals surface area contributed by atoms with Crippen LogP contribution in [-0.2, 0) is 17.3 Å². The maximum Gasteiger partial charge on any atom is 0.254 e. The Morgan fingerprint density at radius 3 is 2.46 bits per heavy atom. The van der Waals surface area contributed by atoms with Gasteiger partial charge < -0.3 is 10.2 Å². The molecule has 0 radical (unpaired) electrons. The summed E-state index contributed by atoms with van der Waals surface area (Å²) in [5.74, 6) is -0.361. The van der Waals surface area contributed by atoms with Gasteiger partial charge in [-0.25, -0.2) is 4.39 Å². The van der Waals surface area contributed by atoms with Crippen LogP contribution >= 0.6 is 0 Å². The minimum absolute atomic E-state index is 0.0525. The van der Waals surface area contributed by atoms with Crippen molar-refractivity contribution < 1.29 is 13.4 Å². The van der Waals surface area contributed by atoms with E-state index in [1.807, 2.05) is 19.1 Å². The average Bonchev–Trinajstić information content (AvgIpc) is 3.20. The second-order valence-electron chi connectivity index (χ2n) is 6.32. The van der Waals surface area contributed by atoms with Crippen LogP contribution in [0, 0.1) is 5.82 Å². The van der Waals surface area contributed by atoms with E-state index in [0.29, 0.717) is 12.3 Å². The molecule has 26 heavy (non-hydrogen) atoms. The van der Waals surface area contributed by atoms with Crippen LogP contribution in [-0.4, -0.2) is 29.0 Å². The number of hydrogen-bond donors (Lipinski definition) is 1. The lowest BCUT2D eigenvalue weighted by molar-refractivity contribution is 0.0947. The van der Waals surface area contributed by atoms with Gasteiger partial charge in [-0.05, 0) is 48.7 Å². The molecule has 0 saturated carbocycles. The zero-order valence-electron chi connectivity index (χ0n) is 14.8. The summed E-state index contributed by atoms with van der Waals surface area (Å²) in [7, 11) is -0.989. The highest BCUT2D eigenvalue weighted by Crippen LogP contribution is 2.22. The molecule has 1 aliphatic rings. The molecule has 1 aliphatic heterocycles. The van der Waals surface area contributed by atoms with Crippen LogP contribution in [0.5, 0.6) is 0 Å². The molecule has 0 bridgehead atoms. The molecular weight excluding hydrogens is 351 g/mol. The Hall–Kier alpha value is -2.21. The monoisotopic (exact) mass is 374 g/mol. The topological polar surface area (TPSA) is 49.4 Å². The van der Waals surface area contributed by atoms with Crippen LogP contribution in [0.4, 0.5) is 10.1 Å². The van der Waals surface area contributed by atoms with Crippen molar-refractivity contribution in [3.05, 3.63) is 59.4 Å². The molecule has 2 aromatic rings. The van der Waals surface area contributed by atoms with E-state index in [-0.39, 0.29) is 5.56 Å². The van der Waals surface area contributed by atoms with E-state index < -0.39 is 22.5 Å². The highest BCUT2D eigenvalue weighted by atomic mass is 32.2. The first-order valence-electron chi connectivity index (χ1n) is 8.88. The second kappa shape index (κ2) is 8.45. The molecule has 3 rings (SSSR count). The Bertz CT molecular complexity index is 802. The summed E-state index contributed by atoms with van der Waals surface area (Å²) in [6, 6.07) is 12.0. The quantitative estimate of drug-likeness (QED) is 0.842. The summed E-state index contributed by atoms with van der Waals surface area (Å²) in [6.45, 7) is 4.03. The first-order valence-corrected chi connectivity index (χ1v) is 10.2. The predicted octanol–water partition coefficient (Wildman–Crippen LogP) is 3.48. The summed E-state index contributed by atoms with van der Waals surface area (Å²) in [4.78, 5) is 15.2. The normalized spacial score (nSPS) is 15.1. The fourth-order valence-corrected chi connectivity index (χ4v) is 3.84. The zero-order chi connectivity index (χ0) is 18.5. The molecular formula is C20H23FN2O2S. The third-order valence-electron chi connectivity index (χ3n) is 4.57. The van der Waals surface area contributed by atoms with Gasteiger partial charge in [-0.15, -0.1) is 0 Å². The summed E-state index contributed by atoms with van der Waals surface area (Å²) in [5.41, 5.74) is 1.76. The molecule has 1 fully saturated rings. The highest BCUT2D eigenvalue weighted by molar-refractivity contribution is 7.85. The SMILES string of the molecule is CCS(=O)c1ccc(CNC(=O)c2ccc(N3CCCC3)cc2F)cc1. The van der Waals surface area contributed by atoms with Gasteiger partial charge in [0, 0.05) is 36.0 Å². The van der Waals surface area contributed by atoms with Crippen molar-refractivity contribution in [2.24, 2.45) is 0 Å². The van der Waals surface area contributed by atoms with Gasteiger partial charge >= 0.3 is 0 Å². The molecule has 2 aromatic carbocycles. The Morgan fingerprint density at radius 2 is 1.85 bits per heavy atom. The third kappa shape index (κ3) is 4.30. The summed E-state index contributed by atoms with van der Waals surface area (Å²) < 4.78 is 26.1. The lowest BCUT2D eigenvalue weighted by Crippen LogP contribution is -2.24. The van der Waals surface area contributed by atoms with Gasteiger partial charge in [0.05, 0.1) is 16.4 Å². The maximum atomic E-state index is 14.3. The van der Waals surface area contributed by atoms with Crippen molar-refractivity contribution in [1.29, 1.82) is 0 Å². The van der Waals surface area contributed by atoms with Gasteiger partial charge in [0.25, 0.3) is 5.91 Å². The molecule has 0 spiro atoms. The number of halogens is 1. The van der Waals surface area contributed by atoms with Crippen LogP contribution in [0.25, 0.3) is 0 Å². The van der Waals surface area contributed by atoms with E-state index in [2.05, 4.69) is 10.2 Å². The largest absolute Gasteiger partial charge is 0.371 e. The van der Waals surface area contributed by atoms with Crippen LogP contribution in [0.15, 0.2) is 47.4 Å². The molecule has 1 unspecified atom stereocenters. The lowest BCUT2D eigenvalue weighted by atomic mass is 10.1. The molecule has 0 aliphatic carbocycles. The van der Waals surface area contributed by atoms with E-state index in [9.17, 15) is 13.4 Å². The number of hydrogen-bond acceptors (Lipinski definition) is 3. The molecule has 1 N–H and O–H groups in total. The number of amides is 1. The number of rotatable bonds is 6. The predicted molar refractivity (Wildman–Crippen MR) is 102 cm³/mol. The van der Waals surface area contributed by atoms with Crippen LogP contribution in [0.3, 0.4) is 0 Å². The van der Waals surface area contributed by atoms with E-state index in [1.54, 1.807) is 24.3 Å². The van der Waals surface area contributed by atoms with Crippen LogP contribution in [0.2, 0.25) is 0 Å². The van der Waals surface area contributed by atoms with Crippen molar-refractivity contribution in [2.45, 2.75) is 31.2 Å². The zero-order valence-corrected chi connectivity index (χ0v) is 15.7. The van der Waals surface area contributed by atoms with Gasteiger partial charge in [0.2, 0.25) is 0 Å². The molecule has 138 valence electrons. The Labute approximate surface area is 155 Å². The average molecular weight is 374 g/mol. The molecule has 1 heterocycles. The Kier molecular flexibility index (Phi) is 6.04. The molecule has 1 atom stereocenters. The van der Waals surface area contributed by atoms with Gasteiger partial charge in [0.1, 0.15) is 5.82 Å². The number of anilines is 1. The minimum atomic E-state index is -0.989. The number of benzene rings is 2. The van der Waals surface area contributed by atoms with E-state index in [1.165, 1.54) is 6.07 Å². The lowest BCUT2D eigenvalue weighted by Gasteiger charge is -2.18. The Morgan fingerprint density at radius 1 is 1.15 bits per heavy atom. The molecule has 1 amide bonds. The van der Waals surface area contributed by atoms with E-state index in [0.717, 1.165) is 42.1 Å². The first-order chi connectivity index (χ1) is 12.6. The molecule has 1 saturated heterocycles. The highest BCUT2D eigenvalue weighted by Gasteiger charge is 2.17. The van der Waals surface area contributed by atoms with Gasteiger partial charge in [-0.3, -0.25) is 9.00 Å². The summed E-state index contributed by atoms with van der Waals surface area (Å²) >= 11 is 0. The van der Waals surface area contributed by atoms with Gasteiger partial charge in [-0.1, -0.05) is 19.1 Å². The van der Waals surface area contributed by atoms with E-state index >= 15 is 0 Å². The molecule has 0 aromatic heterocycles. The van der Waals surface area contributed by atoms with Crippen molar-refractivity contribution in [1.82, 2.24) is 5.32 Å². The fourth-order valence-electron chi connectivity index (χ4n) is 3.06. The molecule has 6 heteroatoms. The second-order valence-corrected chi connectivity index (χ2v) is 8.06. The van der Waals surface area contributed by atoms with Crippen LogP contribution < -0.4 is 10.2 Å². The van der Waals surface area contributed by atoms with Crippen LogP contribution in [0.1, 0.15) is 35.7 Å². The first kappa shape index (κ1) is 18.6. The number of nitrogens with zero attached hydrogens (tertiary/aromatic N) is 1. The van der Waals surface area contributed by atoms with Gasteiger partial charge in [0.15, 0.2) is 0 Å². The molecule has 4 nitrogen and oxygen atoms in total. The van der Waals surface area contributed by atoms with E-state index in [4.69, 9.17) is 0 Å². The summed E-state index contributed by atoms with van der Waals surface area (Å²) in [6.07, 6.45) is 2.24. The minimum Gasteiger partial charge on any atom is -0.371 e. The van der Waals surface area contributed by atoms with Crippen molar-refractivity contribution in [2.75, 3.05) is 23.7 Å².